The second-order valence-corrected chi connectivity index (χ2v) is 3.49. The zero-order chi connectivity index (χ0) is 12.0. The van der Waals surface area contributed by atoms with Gasteiger partial charge in [0, 0.05) is 10.6 Å². The van der Waals surface area contributed by atoms with Crippen LogP contribution in [0.3, 0.4) is 0 Å². The van der Waals surface area contributed by atoms with Crippen LogP contribution >= 0.6 is 11.6 Å². The summed E-state index contributed by atoms with van der Waals surface area (Å²) in [6, 6.07) is 4.96. The van der Waals surface area contributed by atoms with Crippen molar-refractivity contribution < 1.29 is 14.3 Å². The minimum Gasteiger partial charge on any atom is -0.469 e. The molecule has 0 unspecified atom stereocenters. The van der Waals surface area contributed by atoms with E-state index in [0.717, 1.165) is 11.8 Å². The van der Waals surface area contributed by atoms with E-state index in [9.17, 15) is 9.59 Å². The molecule has 0 spiro atoms. The Bertz CT molecular complexity index is 424. The summed E-state index contributed by atoms with van der Waals surface area (Å²) in [7, 11) is 1.34. The summed E-state index contributed by atoms with van der Waals surface area (Å²) in [6.07, 6.45) is 4.30. The molecule has 0 fully saturated rings. The Hall–Kier alpha value is -1.61. The molecule has 0 heterocycles. The van der Waals surface area contributed by atoms with Crippen LogP contribution in [0.25, 0.3) is 6.08 Å². The third-order valence-corrected chi connectivity index (χ3v) is 2.30. The maximum Gasteiger partial charge on any atom is 0.309 e. The zero-order valence-corrected chi connectivity index (χ0v) is 9.53. The summed E-state index contributed by atoms with van der Waals surface area (Å²) in [4.78, 5) is 21.3. The second kappa shape index (κ2) is 6.08. The van der Waals surface area contributed by atoms with Gasteiger partial charge in [0.2, 0.25) is 0 Å². The first-order chi connectivity index (χ1) is 7.67. The number of halogens is 1. The number of benzene rings is 1. The molecule has 4 heteroatoms. The molecule has 0 aliphatic rings. The molecule has 1 aromatic rings. The first kappa shape index (κ1) is 12.5. The lowest BCUT2D eigenvalue weighted by Crippen LogP contribution is -1.96. The van der Waals surface area contributed by atoms with Gasteiger partial charge in [0.1, 0.15) is 6.29 Å². The summed E-state index contributed by atoms with van der Waals surface area (Å²) in [6.45, 7) is 0. The van der Waals surface area contributed by atoms with Crippen molar-refractivity contribution in [3.05, 3.63) is 40.4 Å². The smallest absolute Gasteiger partial charge is 0.309 e. The van der Waals surface area contributed by atoms with E-state index >= 15 is 0 Å². The molecule has 16 heavy (non-hydrogen) atoms. The van der Waals surface area contributed by atoms with Crippen LogP contribution in [0.5, 0.6) is 0 Å². The molecule has 0 aliphatic carbocycles. The second-order valence-electron chi connectivity index (χ2n) is 3.08. The van der Waals surface area contributed by atoms with E-state index in [4.69, 9.17) is 11.6 Å². The Balaban J connectivity index is 2.74. The van der Waals surface area contributed by atoms with Crippen molar-refractivity contribution in [2.24, 2.45) is 0 Å². The highest BCUT2D eigenvalue weighted by Gasteiger charge is 1.99. The van der Waals surface area contributed by atoms with Gasteiger partial charge in [-0.15, -0.1) is 0 Å². The molecule has 0 amide bonds. The summed E-state index contributed by atoms with van der Waals surface area (Å²) in [5, 5.41) is 0.478. The van der Waals surface area contributed by atoms with Gasteiger partial charge in [-0.2, -0.15) is 0 Å². The number of ether oxygens (including phenoxy) is 1. The Morgan fingerprint density at radius 1 is 1.50 bits per heavy atom. The Labute approximate surface area is 98.7 Å². The highest BCUT2D eigenvalue weighted by atomic mass is 35.5. The van der Waals surface area contributed by atoms with Crippen molar-refractivity contribution in [2.45, 2.75) is 6.42 Å². The Morgan fingerprint density at radius 3 is 2.81 bits per heavy atom. The molecule has 0 aliphatic heterocycles. The topological polar surface area (TPSA) is 43.4 Å². The van der Waals surface area contributed by atoms with Crippen LogP contribution in [0.15, 0.2) is 24.3 Å². The Morgan fingerprint density at radius 2 is 2.25 bits per heavy atom. The molecule has 3 nitrogen and oxygen atoms in total. The molecule has 0 atom stereocenters. The molecule has 0 N–H and O–H groups in total. The largest absolute Gasteiger partial charge is 0.469 e. The highest BCUT2D eigenvalue weighted by Crippen LogP contribution is 2.18. The summed E-state index contributed by atoms with van der Waals surface area (Å²) in [5.74, 6) is -0.308. The number of esters is 1. The van der Waals surface area contributed by atoms with Crippen LogP contribution in [-0.2, 0) is 9.53 Å². The van der Waals surface area contributed by atoms with Crippen molar-refractivity contribution in [3.8, 4) is 0 Å². The van der Waals surface area contributed by atoms with E-state index in [0.29, 0.717) is 10.6 Å². The molecule has 0 bridgehead atoms. The zero-order valence-electron chi connectivity index (χ0n) is 8.77. The molecule has 1 aromatic carbocycles. The van der Waals surface area contributed by atoms with E-state index in [1.807, 2.05) is 0 Å². The summed E-state index contributed by atoms with van der Waals surface area (Å²) in [5.41, 5.74) is 1.28. The SMILES string of the molecule is COC(=O)CC=Cc1ccc(C=O)cc1Cl. The van der Waals surface area contributed by atoms with Crippen LogP contribution < -0.4 is 0 Å². The van der Waals surface area contributed by atoms with Crippen molar-refractivity contribution in [3.63, 3.8) is 0 Å². The fourth-order valence-electron chi connectivity index (χ4n) is 1.12. The number of hydrogen-bond acceptors (Lipinski definition) is 3. The maximum atomic E-state index is 10.8. The number of carbonyl (C=O) groups excluding carboxylic acids is 2. The van der Waals surface area contributed by atoms with Gasteiger partial charge in [-0.05, 0) is 11.6 Å². The normalized spacial score (nSPS) is 10.4. The van der Waals surface area contributed by atoms with E-state index < -0.39 is 0 Å². The van der Waals surface area contributed by atoms with Crippen LogP contribution in [0, 0.1) is 0 Å². The van der Waals surface area contributed by atoms with E-state index in [2.05, 4.69) is 4.74 Å². The molecule has 0 radical (unpaired) electrons. The predicted octanol–water partition coefficient (Wildman–Crippen LogP) is 2.73. The number of methoxy groups -OCH3 is 1. The van der Waals surface area contributed by atoms with E-state index in [-0.39, 0.29) is 12.4 Å². The quantitative estimate of drug-likeness (QED) is 0.598. The van der Waals surface area contributed by atoms with Crippen molar-refractivity contribution >= 4 is 29.9 Å². The average molecular weight is 239 g/mol. The van der Waals surface area contributed by atoms with Gasteiger partial charge in [0.25, 0.3) is 0 Å². The lowest BCUT2D eigenvalue weighted by Gasteiger charge is -1.99. The van der Waals surface area contributed by atoms with Gasteiger partial charge in [0.05, 0.1) is 13.5 Å². The van der Waals surface area contributed by atoms with Gasteiger partial charge in [-0.1, -0.05) is 35.9 Å². The van der Waals surface area contributed by atoms with Crippen LogP contribution in [-0.4, -0.2) is 19.4 Å². The standard InChI is InChI=1S/C12H11ClO3/c1-16-12(15)4-2-3-10-6-5-9(8-14)7-11(10)13/h2-3,5-8H,4H2,1H3. The van der Waals surface area contributed by atoms with Crippen LogP contribution in [0.1, 0.15) is 22.3 Å². The van der Waals surface area contributed by atoms with Gasteiger partial charge in [-0.25, -0.2) is 0 Å². The average Bonchev–Trinajstić information content (AvgIpc) is 2.30. The van der Waals surface area contributed by atoms with Gasteiger partial charge in [-0.3, -0.25) is 9.59 Å². The van der Waals surface area contributed by atoms with Crippen molar-refractivity contribution in [2.75, 3.05) is 7.11 Å². The van der Waals surface area contributed by atoms with Gasteiger partial charge < -0.3 is 4.74 Å². The molecule has 84 valence electrons. The summed E-state index contributed by atoms with van der Waals surface area (Å²) >= 11 is 5.93. The fourth-order valence-corrected chi connectivity index (χ4v) is 1.37. The van der Waals surface area contributed by atoms with Crippen LogP contribution in [0.4, 0.5) is 0 Å². The van der Waals surface area contributed by atoms with Crippen LogP contribution in [0.2, 0.25) is 5.02 Å². The van der Waals surface area contributed by atoms with E-state index in [1.165, 1.54) is 7.11 Å². The first-order valence-electron chi connectivity index (χ1n) is 4.65. The molecule has 1 rings (SSSR count). The third kappa shape index (κ3) is 3.51. The number of carbonyl (C=O) groups is 2. The van der Waals surface area contributed by atoms with Crippen molar-refractivity contribution in [1.82, 2.24) is 0 Å². The Kier molecular flexibility index (Phi) is 4.73. The molecular weight excluding hydrogens is 228 g/mol. The monoisotopic (exact) mass is 238 g/mol. The molecule has 0 saturated heterocycles. The third-order valence-electron chi connectivity index (χ3n) is 1.97. The first-order valence-corrected chi connectivity index (χ1v) is 5.03. The molecule has 0 aromatic heterocycles. The minimum absolute atomic E-state index is 0.197. The van der Waals surface area contributed by atoms with Gasteiger partial charge >= 0.3 is 5.97 Å². The summed E-state index contributed by atoms with van der Waals surface area (Å²) < 4.78 is 4.49. The lowest BCUT2D eigenvalue weighted by molar-refractivity contribution is -0.139. The van der Waals surface area contributed by atoms with Gasteiger partial charge in [0.15, 0.2) is 0 Å². The highest BCUT2D eigenvalue weighted by molar-refractivity contribution is 6.32. The molecular formula is C12H11ClO3. The fraction of sp³-hybridized carbons (Fsp3) is 0.167. The number of rotatable bonds is 4. The maximum absolute atomic E-state index is 10.8. The number of aldehydes is 1. The van der Waals surface area contributed by atoms with Crippen molar-refractivity contribution in [1.29, 1.82) is 0 Å². The number of hydrogen-bond donors (Lipinski definition) is 0. The predicted molar refractivity (Wildman–Crippen MR) is 62.5 cm³/mol. The lowest BCUT2D eigenvalue weighted by atomic mass is 10.1. The minimum atomic E-state index is -0.308. The van der Waals surface area contributed by atoms with E-state index in [1.54, 1.807) is 30.4 Å². The molecule has 0 saturated carbocycles.